The lowest BCUT2D eigenvalue weighted by molar-refractivity contribution is 0.110. The highest BCUT2D eigenvalue weighted by atomic mass is 35.5. The number of rotatable bonds is 9. The minimum absolute atomic E-state index is 0.0719. The first kappa shape index (κ1) is 21.1. The molecule has 31 heavy (non-hydrogen) atoms. The predicted octanol–water partition coefficient (Wildman–Crippen LogP) is 3.74. The fourth-order valence-electron chi connectivity index (χ4n) is 3.53. The summed E-state index contributed by atoms with van der Waals surface area (Å²) in [7, 11) is 0. The Bertz CT molecular complexity index is 1270. The summed E-state index contributed by atoms with van der Waals surface area (Å²) in [6.07, 6.45) is 0. The van der Waals surface area contributed by atoms with Crippen molar-refractivity contribution in [3.8, 4) is 5.75 Å². The summed E-state index contributed by atoms with van der Waals surface area (Å²) in [5, 5.41) is 13.1. The smallest absolute Gasteiger partial charge is 0.262 e. The summed E-state index contributed by atoms with van der Waals surface area (Å²) < 4.78 is 14.7. The highest BCUT2D eigenvalue weighted by Gasteiger charge is 2.16. The Morgan fingerprint density at radius 3 is 2.71 bits per heavy atom. The summed E-state index contributed by atoms with van der Waals surface area (Å²) in [6, 6.07) is 13.0. The number of nitrogens with one attached hydrogen (secondary N) is 1. The Morgan fingerprint density at radius 2 is 1.90 bits per heavy atom. The number of ether oxygens (including phenoxy) is 2. The molecule has 0 aliphatic carbocycles. The van der Waals surface area contributed by atoms with Crippen molar-refractivity contribution in [2.24, 2.45) is 0 Å². The van der Waals surface area contributed by atoms with Gasteiger partial charge in [0.1, 0.15) is 6.61 Å². The number of benzene rings is 2. The summed E-state index contributed by atoms with van der Waals surface area (Å²) in [5.74, 6) is 1.75. The zero-order chi connectivity index (χ0) is 21.8. The van der Waals surface area contributed by atoms with E-state index in [1.165, 1.54) is 0 Å². The van der Waals surface area contributed by atoms with Crippen LogP contribution in [-0.2, 0) is 17.8 Å². The number of aryl methyl sites for hydroxylation is 1. The third kappa shape index (κ3) is 4.08. The number of hydrogen-bond acceptors (Lipinski definition) is 6. The molecule has 8 nitrogen and oxygen atoms in total. The molecule has 1 N–H and O–H groups in total. The Hall–Kier alpha value is -3.10. The average Bonchev–Trinajstić information content (AvgIpc) is 3.21. The molecule has 9 heteroatoms. The Labute approximate surface area is 184 Å². The van der Waals surface area contributed by atoms with Gasteiger partial charge >= 0.3 is 0 Å². The molecule has 162 valence electrons. The molecule has 2 aromatic heterocycles. The third-order valence-corrected chi connectivity index (χ3v) is 5.27. The van der Waals surface area contributed by atoms with E-state index in [0.717, 1.165) is 11.2 Å². The van der Waals surface area contributed by atoms with Gasteiger partial charge in [-0.1, -0.05) is 29.8 Å². The Kier molecular flexibility index (Phi) is 6.39. The van der Waals surface area contributed by atoms with Crippen molar-refractivity contribution >= 4 is 34.0 Å². The molecule has 0 spiro atoms. The molecular weight excluding hydrogens is 418 g/mol. The molecule has 0 radical (unpaired) electrons. The van der Waals surface area contributed by atoms with Crippen LogP contribution in [0.1, 0.15) is 19.7 Å². The van der Waals surface area contributed by atoms with Gasteiger partial charge in [-0.15, -0.1) is 10.2 Å². The van der Waals surface area contributed by atoms with E-state index in [0.29, 0.717) is 60.7 Å². The van der Waals surface area contributed by atoms with Crippen molar-refractivity contribution in [1.82, 2.24) is 19.2 Å². The lowest BCUT2D eigenvalue weighted by atomic mass is 10.2. The minimum atomic E-state index is -0.0719. The monoisotopic (exact) mass is 441 g/mol. The van der Waals surface area contributed by atoms with Crippen molar-refractivity contribution in [2.75, 3.05) is 25.1 Å². The first-order valence-electron chi connectivity index (χ1n) is 10.2. The molecule has 0 unspecified atom stereocenters. The van der Waals surface area contributed by atoms with Crippen molar-refractivity contribution in [3.05, 3.63) is 63.7 Å². The van der Waals surface area contributed by atoms with Crippen LogP contribution in [0.2, 0.25) is 5.02 Å². The van der Waals surface area contributed by atoms with Crippen molar-refractivity contribution in [1.29, 1.82) is 0 Å². The number of para-hydroxylation sites is 2. The summed E-state index contributed by atoms with van der Waals surface area (Å²) >= 11 is 6.36. The van der Waals surface area contributed by atoms with Gasteiger partial charge < -0.3 is 14.8 Å². The van der Waals surface area contributed by atoms with Crippen LogP contribution in [0.5, 0.6) is 5.75 Å². The zero-order valence-electron chi connectivity index (χ0n) is 17.5. The number of anilines is 1. The van der Waals surface area contributed by atoms with Crippen molar-refractivity contribution in [2.45, 2.75) is 26.9 Å². The van der Waals surface area contributed by atoms with Gasteiger partial charge in [0.05, 0.1) is 34.8 Å². The molecular formula is C22H24ClN5O3. The van der Waals surface area contributed by atoms with E-state index < -0.39 is 0 Å². The molecule has 2 heterocycles. The third-order valence-electron chi connectivity index (χ3n) is 4.97. The average molecular weight is 442 g/mol. The van der Waals surface area contributed by atoms with Gasteiger partial charge in [-0.2, -0.15) is 0 Å². The molecule has 0 atom stereocenters. The van der Waals surface area contributed by atoms with E-state index in [-0.39, 0.29) is 5.56 Å². The highest BCUT2D eigenvalue weighted by molar-refractivity contribution is 6.32. The van der Waals surface area contributed by atoms with Gasteiger partial charge in [-0.25, -0.2) is 0 Å². The second-order valence-corrected chi connectivity index (χ2v) is 7.24. The lowest BCUT2D eigenvalue weighted by Crippen LogP contribution is -2.23. The van der Waals surface area contributed by atoms with Crippen LogP contribution in [0.25, 0.3) is 16.7 Å². The molecule has 0 aliphatic rings. The molecule has 0 saturated carbocycles. The second-order valence-electron chi connectivity index (χ2n) is 6.83. The van der Waals surface area contributed by atoms with Crippen molar-refractivity contribution in [3.63, 3.8) is 0 Å². The quantitative estimate of drug-likeness (QED) is 0.398. The predicted molar refractivity (Wildman–Crippen MR) is 121 cm³/mol. The number of hydrogen-bond donors (Lipinski definition) is 1. The normalized spacial score (nSPS) is 11.3. The molecule has 0 fully saturated rings. The largest absolute Gasteiger partial charge is 0.487 e. The standard InChI is InChI=1S/C22H24ClN5O3/c1-3-27-21(29)15-8-5-6-11-18(15)28-19(25-26-22(27)28)14-24-17-10-7-9-16(23)20(17)31-13-12-30-4-2/h5-11,24H,3-4,12-14H2,1-2H3. The summed E-state index contributed by atoms with van der Waals surface area (Å²) in [5.41, 5.74) is 1.44. The van der Waals surface area contributed by atoms with Crippen LogP contribution in [0.4, 0.5) is 5.69 Å². The summed E-state index contributed by atoms with van der Waals surface area (Å²) in [6.45, 7) is 6.24. The maximum Gasteiger partial charge on any atom is 0.262 e. The minimum Gasteiger partial charge on any atom is -0.487 e. The van der Waals surface area contributed by atoms with E-state index >= 15 is 0 Å². The fraction of sp³-hybridized carbons (Fsp3) is 0.318. The van der Waals surface area contributed by atoms with Crippen LogP contribution in [-0.4, -0.2) is 39.0 Å². The molecule has 0 amide bonds. The lowest BCUT2D eigenvalue weighted by Gasteiger charge is -2.15. The molecule has 4 aromatic rings. The van der Waals surface area contributed by atoms with Crippen LogP contribution >= 0.6 is 11.6 Å². The Balaban J connectivity index is 1.68. The van der Waals surface area contributed by atoms with Crippen LogP contribution < -0.4 is 15.6 Å². The second kappa shape index (κ2) is 9.36. The van der Waals surface area contributed by atoms with Gasteiger partial charge in [-0.3, -0.25) is 13.8 Å². The number of aromatic nitrogens is 4. The molecule has 0 bridgehead atoms. The zero-order valence-corrected chi connectivity index (χ0v) is 18.2. The van der Waals surface area contributed by atoms with Gasteiger partial charge in [0, 0.05) is 13.2 Å². The number of halogens is 1. The van der Waals surface area contributed by atoms with Gasteiger partial charge in [0.15, 0.2) is 11.6 Å². The first-order valence-corrected chi connectivity index (χ1v) is 10.6. The SMILES string of the molecule is CCOCCOc1c(Cl)cccc1NCc1nnc2n(CC)c(=O)c3ccccc3n12. The van der Waals surface area contributed by atoms with Gasteiger partial charge in [-0.05, 0) is 38.1 Å². The van der Waals surface area contributed by atoms with E-state index in [2.05, 4.69) is 15.5 Å². The Morgan fingerprint density at radius 1 is 1.06 bits per heavy atom. The van der Waals surface area contributed by atoms with Crippen LogP contribution in [0.3, 0.4) is 0 Å². The van der Waals surface area contributed by atoms with E-state index in [1.807, 2.05) is 54.6 Å². The van der Waals surface area contributed by atoms with E-state index in [4.69, 9.17) is 21.1 Å². The van der Waals surface area contributed by atoms with Gasteiger partial charge in [0.25, 0.3) is 5.56 Å². The maximum atomic E-state index is 12.8. The molecule has 0 saturated heterocycles. The van der Waals surface area contributed by atoms with Crippen molar-refractivity contribution < 1.29 is 9.47 Å². The number of fused-ring (bicyclic) bond motifs is 3. The first-order chi connectivity index (χ1) is 15.2. The maximum absolute atomic E-state index is 12.8. The fourth-order valence-corrected chi connectivity index (χ4v) is 3.76. The van der Waals surface area contributed by atoms with Gasteiger partial charge in [0.2, 0.25) is 5.78 Å². The number of nitrogens with zero attached hydrogens (tertiary/aromatic N) is 4. The molecule has 4 rings (SSSR count). The summed E-state index contributed by atoms with van der Waals surface area (Å²) in [4.78, 5) is 12.8. The highest BCUT2D eigenvalue weighted by Crippen LogP contribution is 2.33. The van der Waals surface area contributed by atoms with E-state index in [9.17, 15) is 4.79 Å². The van der Waals surface area contributed by atoms with Crippen LogP contribution in [0, 0.1) is 0 Å². The topological polar surface area (TPSA) is 82.7 Å². The molecule has 0 aliphatic heterocycles. The molecule has 2 aromatic carbocycles. The van der Waals surface area contributed by atoms with Crippen LogP contribution in [0.15, 0.2) is 47.3 Å². The van der Waals surface area contributed by atoms with E-state index in [1.54, 1.807) is 10.6 Å².